The third-order valence-corrected chi connectivity index (χ3v) is 7.55. The molecule has 0 radical (unpaired) electrons. The smallest absolute Gasteiger partial charge is 0.338 e. The van der Waals surface area contributed by atoms with Gasteiger partial charge in [0.2, 0.25) is 0 Å². The zero-order chi connectivity index (χ0) is 29.3. The number of thiazole rings is 1. The average Bonchev–Trinajstić information content (AvgIpc) is 3.56. The third kappa shape index (κ3) is 5.07. The molecule has 1 aliphatic heterocycles. The van der Waals surface area contributed by atoms with Crippen LogP contribution >= 0.6 is 11.3 Å². The van der Waals surface area contributed by atoms with Crippen LogP contribution in [-0.2, 0) is 9.53 Å². The Morgan fingerprint density at radius 3 is 2.61 bits per heavy atom. The van der Waals surface area contributed by atoms with Gasteiger partial charge in [-0.15, -0.1) is 0 Å². The van der Waals surface area contributed by atoms with Crippen LogP contribution in [0.4, 0.5) is 0 Å². The minimum Gasteiger partial charge on any atom is -0.497 e. The number of fused-ring (bicyclic) bond motifs is 1. The molecule has 0 aliphatic carbocycles. The Labute approximate surface area is 238 Å². The SMILES string of the molecule is CCOC(=O)C1=C(C)N=c2s/c(=C/c3ccc(-c4ccccc4C(=O)O)o3)c(=O)n2[C@H]1c1cc(OC)ccc1OC. The number of esters is 1. The number of carbonyl (C=O) groups is 2. The number of carboxylic acids is 1. The number of nitrogens with zero attached hydrogens (tertiary/aromatic N) is 2. The first-order valence-electron chi connectivity index (χ1n) is 12.6. The van der Waals surface area contributed by atoms with Crippen LogP contribution in [-0.4, -0.2) is 42.4 Å². The highest BCUT2D eigenvalue weighted by Crippen LogP contribution is 2.38. The summed E-state index contributed by atoms with van der Waals surface area (Å²) in [7, 11) is 3.03. The van der Waals surface area contributed by atoms with E-state index in [0.29, 0.717) is 49.2 Å². The van der Waals surface area contributed by atoms with Crippen LogP contribution in [0, 0.1) is 0 Å². The second-order valence-electron chi connectivity index (χ2n) is 8.96. The number of methoxy groups -OCH3 is 2. The van der Waals surface area contributed by atoms with Gasteiger partial charge in [-0.1, -0.05) is 29.5 Å². The Morgan fingerprint density at radius 1 is 1.12 bits per heavy atom. The number of ether oxygens (including phenoxy) is 3. The van der Waals surface area contributed by atoms with Gasteiger partial charge in [-0.05, 0) is 50.2 Å². The molecule has 5 rings (SSSR count). The fourth-order valence-corrected chi connectivity index (χ4v) is 5.75. The lowest BCUT2D eigenvalue weighted by atomic mass is 9.95. The maximum Gasteiger partial charge on any atom is 0.338 e. The van der Waals surface area contributed by atoms with Gasteiger partial charge >= 0.3 is 11.9 Å². The minimum absolute atomic E-state index is 0.0991. The van der Waals surface area contributed by atoms with Crippen molar-refractivity contribution in [3.8, 4) is 22.8 Å². The van der Waals surface area contributed by atoms with E-state index < -0.39 is 23.5 Å². The summed E-state index contributed by atoms with van der Waals surface area (Å²) >= 11 is 1.14. The molecule has 0 bridgehead atoms. The molecule has 2 aromatic heterocycles. The summed E-state index contributed by atoms with van der Waals surface area (Å²) in [6.45, 7) is 3.55. The zero-order valence-corrected chi connectivity index (χ0v) is 23.5. The maximum absolute atomic E-state index is 13.9. The average molecular weight is 575 g/mol. The molecular formula is C30H26N2O8S. The van der Waals surface area contributed by atoms with Crippen molar-refractivity contribution in [1.29, 1.82) is 0 Å². The lowest BCUT2D eigenvalue weighted by Gasteiger charge is -2.26. The highest BCUT2D eigenvalue weighted by molar-refractivity contribution is 7.07. The van der Waals surface area contributed by atoms with E-state index in [-0.39, 0.29) is 17.7 Å². The quantitative estimate of drug-likeness (QED) is 0.315. The Morgan fingerprint density at radius 2 is 1.90 bits per heavy atom. The molecule has 0 fully saturated rings. The zero-order valence-electron chi connectivity index (χ0n) is 22.7. The number of aromatic nitrogens is 1. The van der Waals surface area contributed by atoms with Gasteiger partial charge in [0.25, 0.3) is 5.56 Å². The molecule has 2 aromatic carbocycles. The number of aromatic carboxylic acids is 1. The maximum atomic E-state index is 13.9. The van der Waals surface area contributed by atoms with Crippen LogP contribution in [0.3, 0.4) is 0 Å². The largest absolute Gasteiger partial charge is 0.497 e. The molecule has 4 aromatic rings. The lowest BCUT2D eigenvalue weighted by molar-refractivity contribution is -0.139. The Bertz CT molecular complexity index is 1880. The molecule has 3 heterocycles. The number of hydrogen-bond acceptors (Lipinski definition) is 9. The first-order valence-corrected chi connectivity index (χ1v) is 13.4. The van der Waals surface area contributed by atoms with E-state index in [4.69, 9.17) is 18.6 Å². The normalized spacial score (nSPS) is 14.8. The summed E-state index contributed by atoms with van der Waals surface area (Å²) in [4.78, 5) is 43.7. The van der Waals surface area contributed by atoms with Crippen molar-refractivity contribution in [2.75, 3.05) is 20.8 Å². The van der Waals surface area contributed by atoms with Gasteiger partial charge < -0.3 is 23.7 Å². The van der Waals surface area contributed by atoms with E-state index in [1.54, 1.807) is 68.5 Å². The van der Waals surface area contributed by atoms with Gasteiger partial charge in [-0.25, -0.2) is 14.6 Å². The number of benzene rings is 2. The molecule has 41 heavy (non-hydrogen) atoms. The number of carboxylic acid groups (broad SMARTS) is 1. The molecule has 0 amide bonds. The minimum atomic E-state index is -1.08. The van der Waals surface area contributed by atoms with Crippen LogP contribution in [0.2, 0.25) is 0 Å². The van der Waals surface area contributed by atoms with Crippen LogP contribution < -0.4 is 24.4 Å². The molecule has 0 spiro atoms. The van der Waals surface area contributed by atoms with Gasteiger partial charge in [0.15, 0.2) is 4.80 Å². The second-order valence-corrected chi connectivity index (χ2v) is 9.97. The summed E-state index contributed by atoms with van der Waals surface area (Å²) in [5, 5.41) is 9.55. The van der Waals surface area contributed by atoms with Crippen LogP contribution in [0.25, 0.3) is 17.4 Å². The molecule has 0 saturated carbocycles. The molecule has 210 valence electrons. The predicted octanol–water partition coefficient (Wildman–Crippen LogP) is 3.77. The molecule has 1 atom stereocenters. The first kappa shape index (κ1) is 27.7. The first-order chi connectivity index (χ1) is 19.8. The highest BCUT2D eigenvalue weighted by Gasteiger charge is 2.35. The van der Waals surface area contributed by atoms with Crippen molar-refractivity contribution in [2.24, 2.45) is 4.99 Å². The lowest BCUT2D eigenvalue weighted by Crippen LogP contribution is -2.40. The topological polar surface area (TPSA) is 130 Å². The molecule has 0 saturated heterocycles. The molecule has 10 nitrogen and oxygen atoms in total. The summed E-state index contributed by atoms with van der Waals surface area (Å²) in [5.74, 6) is 0.00207. The van der Waals surface area contributed by atoms with Crippen molar-refractivity contribution in [3.05, 3.63) is 102 Å². The second kappa shape index (κ2) is 11.3. The fraction of sp³-hybridized carbons (Fsp3) is 0.200. The van der Waals surface area contributed by atoms with Crippen LogP contribution in [0.1, 0.15) is 41.6 Å². The molecule has 11 heteroatoms. The Kier molecular flexibility index (Phi) is 7.62. The monoisotopic (exact) mass is 574 g/mol. The van der Waals surface area contributed by atoms with Crippen molar-refractivity contribution in [1.82, 2.24) is 4.57 Å². The number of carbonyl (C=O) groups excluding carboxylic acids is 1. The standard InChI is InChI=1S/C30H26N2O8S/c1-5-39-29(36)25-16(2)31-30-32(26(25)21-14-17(37-3)10-12-22(21)38-4)27(33)24(41-30)15-18-11-13-23(40-18)19-8-6-7-9-20(19)28(34)35/h6-15,26H,5H2,1-4H3,(H,34,35)/b24-15+/t26-/m0/s1. The van der Waals surface area contributed by atoms with E-state index in [1.807, 2.05) is 0 Å². The molecule has 0 unspecified atom stereocenters. The van der Waals surface area contributed by atoms with Gasteiger partial charge in [0, 0.05) is 17.2 Å². The number of allylic oxidation sites excluding steroid dienone is 1. The van der Waals surface area contributed by atoms with Gasteiger partial charge in [-0.3, -0.25) is 9.36 Å². The third-order valence-electron chi connectivity index (χ3n) is 6.57. The van der Waals surface area contributed by atoms with E-state index in [0.717, 1.165) is 11.3 Å². The number of rotatable bonds is 8. The van der Waals surface area contributed by atoms with Crippen LogP contribution in [0.5, 0.6) is 11.5 Å². The molecule has 1 N–H and O–H groups in total. The number of hydrogen-bond donors (Lipinski definition) is 1. The summed E-state index contributed by atoms with van der Waals surface area (Å²) in [6.07, 6.45) is 1.57. The fourth-order valence-electron chi connectivity index (χ4n) is 4.73. The summed E-state index contributed by atoms with van der Waals surface area (Å²) in [5.41, 5.74) is 1.27. The highest BCUT2D eigenvalue weighted by atomic mass is 32.1. The number of furan rings is 1. The Balaban J connectivity index is 1.69. The van der Waals surface area contributed by atoms with Crippen LogP contribution in [0.15, 0.2) is 80.1 Å². The summed E-state index contributed by atoms with van der Waals surface area (Å²) < 4.78 is 24.1. The summed E-state index contributed by atoms with van der Waals surface area (Å²) in [6, 6.07) is 14.1. The van der Waals surface area contributed by atoms with E-state index in [2.05, 4.69) is 4.99 Å². The van der Waals surface area contributed by atoms with E-state index >= 15 is 0 Å². The van der Waals surface area contributed by atoms with E-state index in [1.165, 1.54) is 24.9 Å². The van der Waals surface area contributed by atoms with Crippen molar-refractivity contribution in [3.63, 3.8) is 0 Å². The Hall–Kier alpha value is -4.90. The predicted molar refractivity (Wildman–Crippen MR) is 151 cm³/mol. The van der Waals surface area contributed by atoms with Gasteiger partial charge in [0.1, 0.15) is 29.1 Å². The van der Waals surface area contributed by atoms with Gasteiger partial charge in [0.05, 0.1) is 42.2 Å². The van der Waals surface area contributed by atoms with Crippen molar-refractivity contribution < 1.29 is 33.3 Å². The molecular weight excluding hydrogens is 548 g/mol. The molecule has 1 aliphatic rings. The van der Waals surface area contributed by atoms with Crippen molar-refractivity contribution in [2.45, 2.75) is 19.9 Å². The van der Waals surface area contributed by atoms with Crippen molar-refractivity contribution >= 4 is 29.4 Å². The van der Waals surface area contributed by atoms with Gasteiger partial charge in [-0.2, -0.15) is 0 Å². The van der Waals surface area contributed by atoms with E-state index in [9.17, 15) is 19.5 Å².